The van der Waals surface area contributed by atoms with Crippen LogP contribution in [-0.4, -0.2) is 35.0 Å². The third kappa shape index (κ3) is 4.35. The smallest absolute Gasteiger partial charge is 0.274 e. The first-order valence-corrected chi connectivity index (χ1v) is 10.1. The summed E-state index contributed by atoms with van der Waals surface area (Å²) in [5, 5.41) is 18.6. The molecule has 0 spiro atoms. The average molecular weight is 423 g/mol. The summed E-state index contributed by atoms with van der Waals surface area (Å²) in [5.41, 5.74) is 3.76. The minimum atomic E-state index is -0.187. The maximum atomic E-state index is 12.9. The fourth-order valence-corrected chi connectivity index (χ4v) is 3.39. The van der Waals surface area contributed by atoms with Crippen LogP contribution in [0.5, 0.6) is 0 Å². The molecule has 0 saturated heterocycles. The Morgan fingerprint density at radius 3 is 2.41 bits per heavy atom. The number of tetrazole rings is 1. The Labute approximate surface area is 185 Å². The van der Waals surface area contributed by atoms with Crippen molar-refractivity contribution in [1.29, 1.82) is 0 Å². The van der Waals surface area contributed by atoms with Gasteiger partial charge < -0.3 is 0 Å². The van der Waals surface area contributed by atoms with Crippen molar-refractivity contribution in [2.75, 3.05) is 0 Å². The van der Waals surface area contributed by atoms with Gasteiger partial charge in [-0.25, -0.2) is 14.6 Å². The van der Waals surface area contributed by atoms with Gasteiger partial charge in [0.1, 0.15) is 12.4 Å². The molecule has 0 radical (unpaired) electrons. The number of aromatic amines is 1. The number of hydrogen-bond acceptors (Lipinski definition) is 5. The van der Waals surface area contributed by atoms with Crippen LogP contribution in [-0.2, 0) is 19.5 Å². The average Bonchev–Trinajstić information content (AvgIpc) is 3.46. The topological polar surface area (TPSA) is 94.3 Å². The van der Waals surface area contributed by atoms with Crippen LogP contribution < -0.4 is 5.69 Å². The Morgan fingerprint density at radius 1 is 0.969 bits per heavy atom. The van der Waals surface area contributed by atoms with Crippen LogP contribution in [0, 0.1) is 23.7 Å². The molecule has 0 aliphatic carbocycles. The molecular weight excluding hydrogens is 402 g/mol. The zero-order chi connectivity index (χ0) is 22.3. The number of nitrogens with zero attached hydrogens (tertiary/aromatic N) is 6. The van der Waals surface area contributed by atoms with Crippen LogP contribution in [0.4, 0.5) is 0 Å². The lowest BCUT2D eigenvalue weighted by Crippen LogP contribution is -2.25. The van der Waals surface area contributed by atoms with Crippen LogP contribution in [0.15, 0.2) is 53.3 Å². The van der Waals surface area contributed by atoms with Crippen LogP contribution in [0.2, 0.25) is 0 Å². The minimum absolute atomic E-state index is 0.187. The van der Waals surface area contributed by atoms with Gasteiger partial charge in [0, 0.05) is 5.56 Å². The molecule has 0 amide bonds. The zero-order valence-electron chi connectivity index (χ0n) is 17.8. The van der Waals surface area contributed by atoms with Gasteiger partial charge in [-0.15, -0.1) is 16.9 Å². The summed E-state index contributed by atoms with van der Waals surface area (Å²) in [6.45, 7) is 4.19. The molecule has 0 bridgehead atoms. The summed E-state index contributed by atoms with van der Waals surface area (Å²) in [4.78, 5) is 12.9. The van der Waals surface area contributed by atoms with Gasteiger partial charge in [-0.05, 0) is 41.0 Å². The molecule has 0 atom stereocenters. The molecule has 2 heterocycles. The zero-order valence-corrected chi connectivity index (χ0v) is 17.8. The summed E-state index contributed by atoms with van der Waals surface area (Å²) in [5.74, 6) is 12.8. The van der Waals surface area contributed by atoms with E-state index in [1.807, 2.05) is 48.5 Å². The van der Waals surface area contributed by atoms with Crippen molar-refractivity contribution in [3.63, 3.8) is 0 Å². The van der Waals surface area contributed by atoms with E-state index in [0.29, 0.717) is 24.6 Å². The van der Waals surface area contributed by atoms with E-state index in [-0.39, 0.29) is 12.2 Å². The molecule has 158 valence electrons. The van der Waals surface area contributed by atoms with Gasteiger partial charge in [-0.2, -0.15) is 5.10 Å². The summed E-state index contributed by atoms with van der Waals surface area (Å²) in [6, 6.07) is 16.0. The largest absolute Gasteiger partial charge is 0.347 e. The van der Waals surface area contributed by atoms with Gasteiger partial charge in [0.05, 0.1) is 13.0 Å². The van der Waals surface area contributed by atoms with E-state index < -0.39 is 0 Å². The fraction of sp³-hybridized carbons (Fsp3) is 0.208. The lowest BCUT2D eigenvalue weighted by Gasteiger charge is -2.09. The van der Waals surface area contributed by atoms with Gasteiger partial charge in [0.15, 0.2) is 5.82 Å². The van der Waals surface area contributed by atoms with Gasteiger partial charge in [0.25, 0.3) is 0 Å². The van der Waals surface area contributed by atoms with Gasteiger partial charge in [0.2, 0.25) is 0 Å². The van der Waals surface area contributed by atoms with Gasteiger partial charge in [-0.3, -0.25) is 4.57 Å². The lowest BCUT2D eigenvalue weighted by atomic mass is 9.98. The van der Waals surface area contributed by atoms with Crippen LogP contribution in [0.1, 0.15) is 25.2 Å². The van der Waals surface area contributed by atoms with E-state index in [9.17, 15) is 4.79 Å². The number of nitrogens with one attached hydrogen (secondary N) is 1. The van der Waals surface area contributed by atoms with Crippen molar-refractivity contribution in [3.8, 4) is 46.2 Å². The Kier molecular flexibility index (Phi) is 6.24. The quantitative estimate of drug-likeness (QED) is 0.481. The Balaban J connectivity index is 1.64. The third-order valence-corrected chi connectivity index (χ3v) is 4.96. The summed E-state index contributed by atoms with van der Waals surface area (Å²) in [7, 11) is 0. The standard InChI is InChI=1S/C24H21N7O/c1-3-5-11-22-27-31(16-6-4-2)24(32)30(22)17-18-12-14-19(15-13-18)20-9-7-8-10-21(20)23-25-28-29-26-23/h7-10,12-15H,11,16-17H2,1-2H3,(H,25,26,28,29). The number of rotatable bonds is 6. The molecule has 1 N–H and O–H groups in total. The highest BCUT2D eigenvalue weighted by Gasteiger charge is 2.14. The molecule has 4 aromatic rings. The van der Waals surface area contributed by atoms with Crippen molar-refractivity contribution in [1.82, 2.24) is 35.0 Å². The molecular formula is C24H21N7O. The van der Waals surface area contributed by atoms with Crippen LogP contribution in [0.25, 0.3) is 22.5 Å². The highest BCUT2D eigenvalue weighted by molar-refractivity contribution is 5.80. The molecule has 8 nitrogen and oxygen atoms in total. The molecule has 0 aliphatic rings. The Hall–Kier alpha value is -4.43. The van der Waals surface area contributed by atoms with Crippen LogP contribution in [0.3, 0.4) is 0 Å². The van der Waals surface area contributed by atoms with Crippen molar-refractivity contribution >= 4 is 0 Å². The second-order valence-electron chi connectivity index (χ2n) is 6.97. The first-order chi connectivity index (χ1) is 15.7. The maximum Gasteiger partial charge on any atom is 0.347 e. The number of H-pyrrole nitrogens is 1. The fourth-order valence-electron chi connectivity index (χ4n) is 3.39. The normalized spacial score (nSPS) is 10.2. The Bertz CT molecular complexity index is 1390. The highest BCUT2D eigenvalue weighted by atomic mass is 16.2. The number of hydrogen-bond donors (Lipinski definition) is 1. The number of aromatic nitrogens is 7. The summed E-state index contributed by atoms with van der Waals surface area (Å²) < 4.78 is 3.05. The van der Waals surface area contributed by atoms with E-state index in [1.54, 1.807) is 18.4 Å². The molecule has 0 aliphatic heterocycles. The predicted molar refractivity (Wildman–Crippen MR) is 121 cm³/mol. The summed E-state index contributed by atoms with van der Waals surface area (Å²) >= 11 is 0. The molecule has 8 heteroatoms. The number of benzene rings is 2. The molecule has 0 saturated carbocycles. The van der Waals surface area contributed by atoms with E-state index in [0.717, 1.165) is 22.3 Å². The molecule has 2 aromatic carbocycles. The molecule has 2 aromatic heterocycles. The van der Waals surface area contributed by atoms with Gasteiger partial charge in [-0.1, -0.05) is 60.4 Å². The monoisotopic (exact) mass is 423 g/mol. The third-order valence-electron chi connectivity index (χ3n) is 4.96. The second-order valence-corrected chi connectivity index (χ2v) is 6.97. The summed E-state index contributed by atoms with van der Waals surface area (Å²) in [6.07, 6.45) is 0.412. The van der Waals surface area contributed by atoms with Crippen molar-refractivity contribution in [3.05, 3.63) is 70.4 Å². The molecule has 4 rings (SSSR count). The SMILES string of the molecule is CC#CCc1nn(CC#CC)c(=O)n1Cc1ccc(-c2ccccc2-c2nnn[nH]2)cc1. The maximum absolute atomic E-state index is 12.9. The lowest BCUT2D eigenvalue weighted by molar-refractivity contribution is 0.657. The van der Waals surface area contributed by atoms with E-state index in [1.165, 1.54) is 4.68 Å². The van der Waals surface area contributed by atoms with Gasteiger partial charge >= 0.3 is 5.69 Å². The first kappa shape index (κ1) is 20.8. The van der Waals surface area contributed by atoms with Crippen molar-refractivity contribution in [2.24, 2.45) is 0 Å². The molecule has 0 fully saturated rings. The van der Waals surface area contributed by atoms with E-state index in [4.69, 9.17) is 0 Å². The van der Waals surface area contributed by atoms with Crippen LogP contribution >= 0.6 is 0 Å². The van der Waals surface area contributed by atoms with Crippen molar-refractivity contribution in [2.45, 2.75) is 33.4 Å². The molecule has 0 unspecified atom stereocenters. The second kappa shape index (κ2) is 9.59. The van der Waals surface area contributed by atoms with E-state index >= 15 is 0 Å². The predicted octanol–water partition coefficient (Wildman–Crippen LogP) is 2.53. The van der Waals surface area contributed by atoms with Crippen molar-refractivity contribution < 1.29 is 0 Å². The Morgan fingerprint density at radius 2 is 1.72 bits per heavy atom. The minimum Gasteiger partial charge on any atom is -0.274 e. The highest BCUT2D eigenvalue weighted by Crippen LogP contribution is 2.29. The van der Waals surface area contributed by atoms with E-state index in [2.05, 4.69) is 49.4 Å². The molecule has 32 heavy (non-hydrogen) atoms. The first-order valence-electron chi connectivity index (χ1n) is 10.1.